The molecule has 0 bridgehead atoms. The zero-order chi connectivity index (χ0) is 13.0. The number of rotatable bonds is 3. The fourth-order valence-corrected chi connectivity index (χ4v) is 1.41. The molecule has 0 radical (unpaired) electrons. The number of aryl methyl sites for hydroxylation is 1. The third-order valence-electron chi connectivity index (χ3n) is 2.27. The first kappa shape index (κ1) is 13.0. The average molecular weight is 240 g/mol. The van der Waals surface area contributed by atoms with Crippen LogP contribution in [-0.2, 0) is 16.0 Å². The van der Waals surface area contributed by atoms with Crippen molar-refractivity contribution in [2.75, 3.05) is 7.11 Å². The summed E-state index contributed by atoms with van der Waals surface area (Å²) in [5, 5.41) is 8.88. The highest BCUT2D eigenvalue weighted by molar-refractivity contribution is 5.73. The minimum Gasteiger partial charge on any atom is -0.469 e. The molecule has 1 aromatic rings. The number of hydrogen-bond donors (Lipinski definition) is 0. The molecule has 0 aliphatic rings. The van der Waals surface area contributed by atoms with Crippen LogP contribution in [0, 0.1) is 18.3 Å². The number of esters is 1. The largest absolute Gasteiger partial charge is 0.469 e. The van der Waals surface area contributed by atoms with E-state index in [4.69, 9.17) is 5.26 Å². The molecule has 0 aliphatic heterocycles. The van der Waals surface area contributed by atoms with Crippen LogP contribution in [0.2, 0.25) is 0 Å². The van der Waals surface area contributed by atoms with Crippen molar-refractivity contribution in [3.05, 3.63) is 28.6 Å². The lowest BCUT2D eigenvalue weighted by Crippen LogP contribution is -2.10. The van der Waals surface area contributed by atoms with Crippen LogP contribution in [0.3, 0.4) is 0 Å². The summed E-state index contributed by atoms with van der Waals surface area (Å²) in [6, 6.07) is 1.67. The van der Waals surface area contributed by atoms with Gasteiger partial charge in [-0.2, -0.15) is 5.26 Å². The highest BCUT2D eigenvalue weighted by Gasteiger charge is 2.21. The topological polar surface area (TPSA) is 63.0 Å². The number of ether oxygens (including phenoxy) is 1. The maximum atomic E-state index is 12.8. The third-order valence-corrected chi connectivity index (χ3v) is 2.27. The SMILES string of the molecule is COC(=O)Cc1ncc(C)c(C(F)F)c1C#N. The van der Waals surface area contributed by atoms with Crippen LogP contribution >= 0.6 is 0 Å². The molecular weight excluding hydrogens is 230 g/mol. The predicted molar refractivity (Wildman–Crippen MR) is 54.4 cm³/mol. The molecule has 0 unspecified atom stereocenters. The lowest BCUT2D eigenvalue weighted by molar-refractivity contribution is -0.139. The first-order valence-electron chi connectivity index (χ1n) is 4.74. The molecule has 0 aliphatic carbocycles. The van der Waals surface area contributed by atoms with E-state index >= 15 is 0 Å². The number of carbonyl (C=O) groups excluding carboxylic acids is 1. The second kappa shape index (κ2) is 5.34. The van der Waals surface area contributed by atoms with Crippen molar-refractivity contribution in [2.45, 2.75) is 19.8 Å². The normalized spacial score (nSPS) is 10.1. The lowest BCUT2D eigenvalue weighted by atomic mass is 10.0. The summed E-state index contributed by atoms with van der Waals surface area (Å²) in [4.78, 5) is 14.9. The molecule has 0 spiro atoms. The van der Waals surface area contributed by atoms with Crippen molar-refractivity contribution in [1.82, 2.24) is 4.98 Å². The van der Waals surface area contributed by atoms with Crippen LogP contribution in [0.1, 0.15) is 28.8 Å². The molecule has 4 nitrogen and oxygen atoms in total. The Morgan fingerprint density at radius 1 is 1.65 bits per heavy atom. The van der Waals surface area contributed by atoms with Crippen LogP contribution < -0.4 is 0 Å². The molecule has 6 heteroatoms. The zero-order valence-corrected chi connectivity index (χ0v) is 9.33. The predicted octanol–water partition coefficient (Wildman–Crippen LogP) is 1.91. The zero-order valence-electron chi connectivity index (χ0n) is 9.33. The molecule has 0 saturated heterocycles. The number of methoxy groups -OCH3 is 1. The third kappa shape index (κ3) is 2.75. The number of pyridine rings is 1. The van der Waals surface area contributed by atoms with E-state index in [1.54, 1.807) is 6.07 Å². The van der Waals surface area contributed by atoms with E-state index in [0.717, 1.165) is 0 Å². The molecule has 0 N–H and O–H groups in total. The van der Waals surface area contributed by atoms with Gasteiger partial charge < -0.3 is 4.74 Å². The first-order valence-corrected chi connectivity index (χ1v) is 4.74. The second-order valence-corrected chi connectivity index (χ2v) is 3.34. The van der Waals surface area contributed by atoms with Crippen LogP contribution in [-0.4, -0.2) is 18.1 Å². The fourth-order valence-electron chi connectivity index (χ4n) is 1.41. The van der Waals surface area contributed by atoms with E-state index in [2.05, 4.69) is 9.72 Å². The smallest absolute Gasteiger partial charge is 0.311 e. The van der Waals surface area contributed by atoms with Gasteiger partial charge in [0.25, 0.3) is 6.43 Å². The van der Waals surface area contributed by atoms with Crippen LogP contribution in [0.4, 0.5) is 8.78 Å². The summed E-state index contributed by atoms with van der Waals surface area (Å²) >= 11 is 0. The Morgan fingerprint density at radius 3 is 2.76 bits per heavy atom. The van der Waals surface area contributed by atoms with E-state index < -0.39 is 12.4 Å². The van der Waals surface area contributed by atoms with E-state index in [9.17, 15) is 13.6 Å². The lowest BCUT2D eigenvalue weighted by Gasteiger charge is -2.10. The molecule has 17 heavy (non-hydrogen) atoms. The molecule has 0 aromatic carbocycles. The van der Waals surface area contributed by atoms with Gasteiger partial charge in [0.15, 0.2) is 0 Å². The highest BCUT2D eigenvalue weighted by Crippen LogP contribution is 2.27. The Morgan fingerprint density at radius 2 is 2.29 bits per heavy atom. The van der Waals surface area contributed by atoms with E-state index in [0.29, 0.717) is 0 Å². The van der Waals surface area contributed by atoms with Gasteiger partial charge in [0.2, 0.25) is 0 Å². The minimum atomic E-state index is -2.77. The molecule has 0 amide bonds. The Kier molecular flexibility index (Phi) is 4.10. The maximum Gasteiger partial charge on any atom is 0.311 e. The number of nitriles is 1. The second-order valence-electron chi connectivity index (χ2n) is 3.34. The minimum absolute atomic E-state index is 0.0141. The van der Waals surface area contributed by atoms with Gasteiger partial charge >= 0.3 is 5.97 Å². The van der Waals surface area contributed by atoms with Gasteiger partial charge in [-0.1, -0.05) is 0 Å². The molecule has 1 aromatic heterocycles. The number of nitrogens with zero attached hydrogens (tertiary/aromatic N) is 2. The Labute approximate surface area is 96.8 Å². The van der Waals surface area contributed by atoms with Crippen molar-refractivity contribution in [3.63, 3.8) is 0 Å². The first-order chi connectivity index (χ1) is 8.01. The number of carbonyl (C=O) groups is 1. The van der Waals surface area contributed by atoms with Gasteiger partial charge in [0.05, 0.1) is 24.8 Å². The molecule has 0 fully saturated rings. The van der Waals surface area contributed by atoms with Crippen LogP contribution in [0.5, 0.6) is 0 Å². The monoisotopic (exact) mass is 240 g/mol. The van der Waals surface area contributed by atoms with Gasteiger partial charge in [-0.25, -0.2) is 8.78 Å². The number of halogens is 2. The Balaban J connectivity index is 3.29. The summed E-state index contributed by atoms with van der Waals surface area (Å²) in [6.07, 6.45) is -1.84. The summed E-state index contributed by atoms with van der Waals surface area (Å²) in [5.74, 6) is -0.627. The highest BCUT2D eigenvalue weighted by atomic mass is 19.3. The maximum absolute atomic E-state index is 12.8. The van der Waals surface area contributed by atoms with Crippen molar-refractivity contribution in [1.29, 1.82) is 5.26 Å². The van der Waals surface area contributed by atoms with Gasteiger partial charge in [-0.15, -0.1) is 0 Å². The van der Waals surface area contributed by atoms with Crippen molar-refractivity contribution in [2.24, 2.45) is 0 Å². The Bertz CT molecular complexity index is 481. The van der Waals surface area contributed by atoms with Crippen LogP contribution in [0.25, 0.3) is 0 Å². The number of hydrogen-bond acceptors (Lipinski definition) is 4. The standard InChI is InChI=1S/C11H10F2N2O2/c1-6-5-15-8(3-9(16)17-2)7(4-14)10(6)11(12)13/h5,11H,3H2,1-2H3. The average Bonchev–Trinajstić information content (AvgIpc) is 2.30. The summed E-state index contributed by atoms with van der Waals surface area (Å²) in [6.45, 7) is 1.44. The molecule has 90 valence electrons. The van der Waals surface area contributed by atoms with Gasteiger partial charge in [0, 0.05) is 11.8 Å². The molecular formula is C11H10F2N2O2. The molecule has 0 atom stereocenters. The van der Waals surface area contributed by atoms with Crippen molar-refractivity contribution >= 4 is 5.97 Å². The van der Waals surface area contributed by atoms with Gasteiger partial charge in [-0.3, -0.25) is 9.78 Å². The van der Waals surface area contributed by atoms with E-state index in [1.807, 2.05) is 0 Å². The summed E-state index contributed by atoms with van der Waals surface area (Å²) < 4.78 is 30.0. The molecule has 1 rings (SSSR count). The quantitative estimate of drug-likeness (QED) is 0.757. The fraction of sp³-hybridized carbons (Fsp3) is 0.364. The van der Waals surface area contributed by atoms with Gasteiger partial charge in [-0.05, 0) is 12.5 Å². The Hall–Kier alpha value is -2.03. The van der Waals surface area contributed by atoms with Gasteiger partial charge in [0.1, 0.15) is 6.07 Å². The van der Waals surface area contributed by atoms with E-state index in [-0.39, 0.29) is 28.8 Å². The van der Waals surface area contributed by atoms with E-state index in [1.165, 1.54) is 20.2 Å². The number of alkyl halides is 2. The molecule has 1 heterocycles. The summed E-state index contributed by atoms with van der Waals surface area (Å²) in [7, 11) is 1.18. The number of aromatic nitrogens is 1. The summed E-state index contributed by atoms with van der Waals surface area (Å²) in [5.41, 5.74) is -0.378. The van der Waals surface area contributed by atoms with Crippen molar-refractivity contribution < 1.29 is 18.3 Å². The molecule has 0 saturated carbocycles. The van der Waals surface area contributed by atoms with Crippen LogP contribution in [0.15, 0.2) is 6.20 Å². The van der Waals surface area contributed by atoms with Crippen molar-refractivity contribution in [3.8, 4) is 6.07 Å².